The van der Waals surface area contributed by atoms with E-state index in [0.717, 1.165) is 57.2 Å². The number of hydrogen-bond donors (Lipinski definition) is 8. The number of phenols is 2. The second-order valence-corrected chi connectivity index (χ2v) is 10.2. The van der Waals surface area contributed by atoms with Gasteiger partial charge in [0.15, 0.2) is 5.75 Å². The third-order valence-electron chi connectivity index (χ3n) is 7.38. The first-order valence-electron chi connectivity index (χ1n) is 13.8. The smallest absolute Gasteiger partial charge is 0.259 e. The van der Waals surface area contributed by atoms with Crippen molar-refractivity contribution in [2.45, 2.75) is 38.5 Å². The zero-order chi connectivity index (χ0) is 27.5. The summed E-state index contributed by atoms with van der Waals surface area (Å²) in [7, 11) is 0. The minimum Gasteiger partial charge on any atom is -0.506 e. The topological polar surface area (TPSA) is 280 Å². The first-order chi connectivity index (χ1) is 19.5. The van der Waals surface area contributed by atoms with Gasteiger partial charge in [-0.05, 0) is 62.8 Å². The van der Waals surface area contributed by atoms with Gasteiger partial charge in [0.05, 0.1) is 11.3 Å². The van der Waals surface area contributed by atoms with Gasteiger partial charge in [0.2, 0.25) is 17.8 Å². The van der Waals surface area contributed by atoms with E-state index in [1.807, 2.05) is 0 Å². The van der Waals surface area contributed by atoms with E-state index in [-0.39, 0.29) is 65.5 Å². The molecule has 254 valence electrons. The van der Waals surface area contributed by atoms with Crippen molar-refractivity contribution in [3.8, 4) is 11.5 Å². The van der Waals surface area contributed by atoms with Crippen LogP contribution in [0.15, 0.2) is 48.7 Å². The van der Waals surface area contributed by atoms with Gasteiger partial charge in [0.1, 0.15) is 11.3 Å². The summed E-state index contributed by atoms with van der Waals surface area (Å²) >= 11 is 0. The van der Waals surface area contributed by atoms with Crippen molar-refractivity contribution in [3.05, 3.63) is 54.2 Å². The number of amides is 1. The van der Waals surface area contributed by atoms with Crippen molar-refractivity contribution in [1.29, 1.82) is 0 Å². The zero-order valence-electron chi connectivity index (χ0n) is 25.4. The lowest BCUT2D eigenvalue weighted by Crippen LogP contribution is -2.34. The molecule has 45 heavy (non-hydrogen) atoms. The highest BCUT2D eigenvalue weighted by Crippen LogP contribution is 2.32. The molecule has 15 nitrogen and oxygen atoms in total. The van der Waals surface area contributed by atoms with Crippen LogP contribution in [0, 0.1) is 0 Å². The summed E-state index contributed by atoms with van der Waals surface area (Å²) in [6, 6.07) is 11.6. The normalized spacial score (nSPS) is 14.0. The third kappa shape index (κ3) is 8.55. The molecule has 0 bridgehead atoms. The zero-order valence-corrected chi connectivity index (χ0v) is 26.2. The minimum absolute atomic E-state index is 0. The number of hydrogen-bond acceptors (Lipinski definition) is 14. The van der Waals surface area contributed by atoms with Crippen LogP contribution in [0.1, 0.15) is 54.6 Å². The van der Waals surface area contributed by atoms with Crippen LogP contribution < -0.4 is 45.0 Å². The monoisotopic (exact) mass is 652 g/mol. The Balaban J connectivity index is -0.00000112. The third-order valence-corrected chi connectivity index (χ3v) is 7.38. The van der Waals surface area contributed by atoms with E-state index in [4.69, 9.17) is 15.0 Å². The van der Waals surface area contributed by atoms with Gasteiger partial charge in [-0.2, -0.15) is 15.0 Å². The Hall–Kier alpha value is -4.54. The highest BCUT2D eigenvalue weighted by atomic mass is 35.5. The summed E-state index contributed by atoms with van der Waals surface area (Å²) in [5, 5.41) is 27.9. The molecule has 4 heterocycles. The van der Waals surface area contributed by atoms with Crippen LogP contribution in [0.4, 0.5) is 29.2 Å². The second kappa shape index (κ2) is 17.1. The number of piperidine rings is 2. The lowest BCUT2D eigenvalue weighted by atomic mass is 10.1. The quantitative estimate of drug-likeness (QED) is 0.0987. The van der Waals surface area contributed by atoms with Gasteiger partial charge in [-0.1, -0.05) is 12.1 Å². The number of benzene rings is 2. The van der Waals surface area contributed by atoms with E-state index in [1.54, 1.807) is 36.5 Å². The summed E-state index contributed by atoms with van der Waals surface area (Å²) in [5.74, 6) is 0.818. The number of aromatic hydroxyl groups is 2. The van der Waals surface area contributed by atoms with E-state index < -0.39 is 5.91 Å². The Morgan fingerprint density at radius 2 is 1.38 bits per heavy atom. The fraction of sp³-hybridized carbons (Fsp3) is 0.345. The predicted octanol–water partition coefficient (Wildman–Crippen LogP) is 6.86. The van der Waals surface area contributed by atoms with Gasteiger partial charge >= 0.3 is 0 Å². The Kier molecular flexibility index (Phi) is 14.6. The summed E-state index contributed by atoms with van der Waals surface area (Å²) in [4.78, 5) is 35.7. The molecule has 0 radical (unpaired) electrons. The van der Waals surface area contributed by atoms with E-state index in [1.165, 1.54) is 25.0 Å². The number of carbonyl (C=O) groups is 1. The molecule has 1 amide bonds. The molecule has 16 heteroatoms. The molecular weight excluding hydrogens is 600 g/mol. The number of nitrogens with zero attached hydrogens (tertiary/aromatic N) is 6. The fourth-order valence-electron chi connectivity index (χ4n) is 5.23. The van der Waals surface area contributed by atoms with E-state index in [9.17, 15) is 15.0 Å². The predicted molar refractivity (Wildman–Crippen MR) is 190 cm³/mol. The van der Waals surface area contributed by atoms with Crippen LogP contribution in [0.3, 0.4) is 0 Å². The highest BCUT2D eigenvalue weighted by Gasteiger charge is 2.21. The van der Waals surface area contributed by atoms with Crippen molar-refractivity contribution in [1.82, 2.24) is 44.5 Å². The summed E-state index contributed by atoms with van der Waals surface area (Å²) in [6.45, 7) is 3.67. The summed E-state index contributed by atoms with van der Waals surface area (Å²) in [6.07, 6.45) is 8.43. The van der Waals surface area contributed by atoms with Crippen molar-refractivity contribution < 1.29 is 20.7 Å². The highest BCUT2D eigenvalue weighted by molar-refractivity contribution is 6.09. The molecular formula is C29H53ClN12O3. The van der Waals surface area contributed by atoms with Crippen LogP contribution in [-0.2, 0) is 0 Å². The molecule has 2 saturated heterocycles. The molecule has 2 aliphatic rings. The van der Waals surface area contributed by atoms with Crippen LogP contribution in [0.2, 0.25) is 0 Å². The van der Waals surface area contributed by atoms with Crippen molar-refractivity contribution in [3.63, 3.8) is 0 Å². The molecule has 0 unspecified atom stereocenters. The van der Waals surface area contributed by atoms with Gasteiger partial charge in [-0.15, -0.1) is 12.4 Å². The maximum atomic E-state index is 12.9. The molecule has 2 fully saturated rings. The maximum absolute atomic E-state index is 12.9. The number of fused-ring (bicyclic) bond motifs is 1. The van der Waals surface area contributed by atoms with Crippen LogP contribution >= 0.6 is 12.4 Å². The number of phenolic OH excluding ortho intramolecular Hbond substituents is 2. The molecule has 4 aromatic rings. The molecule has 2 aliphatic heterocycles. The SMILES string of the molecule is Cl.N.N.N.N.O=C(Nc1ccc(Nc2nc(N3CCCCC3)nc(N3CCCCC3)n2)cc1O)c1ccc2cccnc2c1O.[HH].[HH].[HH].[HH]. The molecule has 0 saturated carbocycles. The Labute approximate surface area is 274 Å². The first-order valence-corrected chi connectivity index (χ1v) is 13.8. The van der Waals surface area contributed by atoms with Gasteiger partial charge in [0, 0.05) is 55.2 Å². The van der Waals surface area contributed by atoms with Gasteiger partial charge in [-0.25, -0.2) is 0 Å². The molecule has 6 rings (SSSR count). The molecule has 0 aliphatic carbocycles. The number of aromatic nitrogens is 4. The standard InChI is InChI=1S/C29H32N8O3.ClH.4H3N.4H2/c38-23-18-20(10-12-22(23)32-26(40)21-11-9-19-8-7-13-30-24(19)25(21)39)31-27-33-28(36-14-3-1-4-15-36)35-29(34-27)37-16-5-2-6-17-37;;;;;;;;;/h7-13,18,38-39H,1-6,14-17H2,(H,32,40)(H,31,33,34,35);1H;4*1H3;4*1H. The largest absolute Gasteiger partial charge is 0.506 e. The number of halogens is 1. The van der Waals surface area contributed by atoms with Crippen LogP contribution in [0.5, 0.6) is 11.5 Å². The second-order valence-electron chi connectivity index (χ2n) is 10.2. The van der Waals surface area contributed by atoms with Crippen molar-refractivity contribution in [2.75, 3.05) is 46.6 Å². The lowest BCUT2D eigenvalue weighted by molar-refractivity contribution is 0.102. The lowest BCUT2D eigenvalue weighted by Gasteiger charge is -2.30. The average molecular weight is 653 g/mol. The van der Waals surface area contributed by atoms with E-state index in [2.05, 4.69) is 25.4 Å². The molecule has 0 atom stereocenters. The molecule has 2 aromatic heterocycles. The molecule has 2 aromatic carbocycles. The Morgan fingerprint density at radius 1 is 0.778 bits per heavy atom. The maximum Gasteiger partial charge on any atom is 0.259 e. The Morgan fingerprint density at radius 3 is 1.96 bits per heavy atom. The van der Waals surface area contributed by atoms with Gasteiger partial charge in [-0.3, -0.25) is 9.78 Å². The number of anilines is 5. The van der Waals surface area contributed by atoms with Crippen molar-refractivity contribution in [2.24, 2.45) is 0 Å². The minimum atomic E-state index is -0.559. The number of nitrogens with one attached hydrogen (secondary N) is 2. The molecule has 16 N–H and O–H groups in total. The van der Waals surface area contributed by atoms with Gasteiger partial charge < -0.3 is 55.2 Å². The fourth-order valence-corrected chi connectivity index (χ4v) is 5.23. The van der Waals surface area contributed by atoms with Crippen LogP contribution in [-0.4, -0.2) is 62.2 Å². The van der Waals surface area contributed by atoms with E-state index >= 15 is 0 Å². The Bertz CT molecular complexity index is 1530. The summed E-state index contributed by atoms with van der Waals surface area (Å²) < 4.78 is 0. The summed E-state index contributed by atoms with van der Waals surface area (Å²) in [5.41, 5.74) is 1.17. The van der Waals surface area contributed by atoms with Gasteiger partial charge in [0.25, 0.3) is 5.91 Å². The van der Waals surface area contributed by atoms with Crippen molar-refractivity contribution >= 4 is 58.4 Å². The molecule has 0 spiro atoms. The first kappa shape index (κ1) is 38.5. The number of carbonyl (C=O) groups excluding carboxylic acids is 1. The van der Waals surface area contributed by atoms with E-state index in [0.29, 0.717) is 29.0 Å². The number of pyridine rings is 1. The van der Waals surface area contributed by atoms with Crippen LogP contribution in [0.25, 0.3) is 10.9 Å². The number of rotatable bonds is 6. The average Bonchev–Trinajstić information content (AvgIpc) is 2.99.